The van der Waals surface area contributed by atoms with E-state index in [1.807, 2.05) is 23.1 Å². The number of hydrogen-bond acceptors (Lipinski definition) is 2. The SMILES string of the molecule is CCC1(C(=O)N2CCc3cc(N)ccc32)CCCC1. The number of carbonyl (C=O) groups is 1. The topological polar surface area (TPSA) is 46.3 Å². The van der Waals surface area contributed by atoms with Crippen molar-refractivity contribution in [3.63, 3.8) is 0 Å². The van der Waals surface area contributed by atoms with Crippen LogP contribution >= 0.6 is 0 Å². The van der Waals surface area contributed by atoms with Crippen LogP contribution in [0.2, 0.25) is 0 Å². The van der Waals surface area contributed by atoms with Crippen molar-refractivity contribution in [3.8, 4) is 0 Å². The average molecular weight is 258 g/mol. The molecule has 1 aliphatic carbocycles. The van der Waals surface area contributed by atoms with E-state index in [0.29, 0.717) is 5.91 Å². The van der Waals surface area contributed by atoms with Gasteiger partial charge in [0.25, 0.3) is 0 Å². The number of anilines is 2. The smallest absolute Gasteiger partial charge is 0.233 e. The molecular formula is C16H22N2O. The summed E-state index contributed by atoms with van der Waals surface area (Å²) >= 11 is 0. The molecular weight excluding hydrogens is 236 g/mol. The number of amides is 1. The maximum Gasteiger partial charge on any atom is 0.233 e. The third-order valence-corrected chi connectivity index (χ3v) is 4.94. The maximum absolute atomic E-state index is 12.9. The molecule has 1 amide bonds. The summed E-state index contributed by atoms with van der Waals surface area (Å²) in [7, 11) is 0. The van der Waals surface area contributed by atoms with Crippen LogP contribution in [0.5, 0.6) is 0 Å². The van der Waals surface area contributed by atoms with Crippen LogP contribution in [0.15, 0.2) is 18.2 Å². The summed E-state index contributed by atoms with van der Waals surface area (Å²) in [5, 5.41) is 0. The van der Waals surface area contributed by atoms with E-state index in [2.05, 4.69) is 6.92 Å². The molecule has 0 aromatic heterocycles. The first kappa shape index (κ1) is 12.5. The Balaban J connectivity index is 1.91. The van der Waals surface area contributed by atoms with Crippen LogP contribution in [0.1, 0.15) is 44.6 Å². The predicted octanol–water partition coefficient (Wildman–Crippen LogP) is 3.13. The standard InChI is InChI=1S/C16H22N2O/c1-2-16(8-3-4-9-16)15(19)18-10-7-12-11-13(17)5-6-14(12)18/h5-6,11H,2-4,7-10,17H2,1H3. The van der Waals surface area contributed by atoms with Crippen LogP contribution < -0.4 is 10.6 Å². The lowest BCUT2D eigenvalue weighted by Gasteiger charge is -2.31. The zero-order valence-electron chi connectivity index (χ0n) is 11.6. The Morgan fingerprint density at radius 3 is 2.79 bits per heavy atom. The van der Waals surface area contributed by atoms with E-state index < -0.39 is 0 Å². The summed E-state index contributed by atoms with van der Waals surface area (Å²) in [4.78, 5) is 14.9. The number of nitrogens with two attached hydrogens (primary N) is 1. The normalized spacial score (nSPS) is 20.6. The van der Waals surface area contributed by atoms with Crippen LogP contribution in [0.3, 0.4) is 0 Å². The van der Waals surface area contributed by atoms with Gasteiger partial charge in [-0.2, -0.15) is 0 Å². The van der Waals surface area contributed by atoms with Crippen molar-refractivity contribution in [1.29, 1.82) is 0 Å². The van der Waals surface area contributed by atoms with Gasteiger partial charge in [-0.1, -0.05) is 19.8 Å². The van der Waals surface area contributed by atoms with Gasteiger partial charge in [-0.15, -0.1) is 0 Å². The maximum atomic E-state index is 12.9. The molecule has 1 fully saturated rings. The van der Waals surface area contributed by atoms with Crippen molar-refractivity contribution in [1.82, 2.24) is 0 Å². The fraction of sp³-hybridized carbons (Fsp3) is 0.562. The van der Waals surface area contributed by atoms with E-state index in [1.54, 1.807) is 0 Å². The number of carbonyl (C=O) groups excluding carboxylic acids is 1. The van der Waals surface area contributed by atoms with Crippen molar-refractivity contribution < 1.29 is 4.79 Å². The van der Waals surface area contributed by atoms with Gasteiger partial charge in [0, 0.05) is 23.3 Å². The minimum Gasteiger partial charge on any atom is -0.399 e. The zero-order valence-corrected chi connectivity index (χ0v) is 11.6. The summed E-state index contributed by atoms with van der Waals surface area (Å²) in [5.74, 6) is 0.344. The number of nitrogens with zero attached hydrogens (tertiary/aromatic N) is 1. The summed E-state index contributed by atoms with van der Waals surface area (Å²) in [6.07, 6.45) is 6.41. The molecule has 3 heteroatoms. The molecule has 102 valence electrons. The largest absolute Gasteiger partial charge is 0.399 e. The highest BCUT2D eigenvalue weighted by Crippen LogP contribution is 2.44. The Hall–Kier alpha value is -1.51. The molecule has 3 rings (SSSR count). The van der Waals surface area contributed by atoms with Crippen LogP contribution in [-0.2, 0) is 11.2 Å². The fourth-order valence-electron chi connectivity index (χ4n) is 3.69. The molecule has 3 nitrogen and oxygen atoms in total. The Kier molecular flexibility index (Phi) is 3.00. The van der Waals surface area contributed by atoms with Crippen molar-refractivity contribution >= 4 is 17.3 Å². The lowest BCUT2D eigenvalue weighted by Crippen LogP contribution is -2.41. The highest BCUT2D eigenvalue weighted by atomic mass is 16.2. The molecule has 0 spiro atoms. The predicted molar refractivity (Wildman–Crippen MR) is 78.1 cm³/mol. The van der Waals surface area contributed by atoms with Gasteiger partial charge < -0.3 is 10.6 Å². The highest BCUT2D eigenvalue weighted by molar-refractivity contribution is 5.99. The van der Waals surface area contributed by atoms with Crippen molar-refractivity contribution in [2.75, 3.05) is 17.2 Å². The van der Waals surface area contributed by atoms with Crippen molar-refractivity contribution in [2.24, 2.45) is 5.41 Å². The lowest BCUT2D eigenvalue weighted by atomic mass is 9.82. The van der Waals surface area contributed by atoms with E-state index in [9.17, 15) is 4.79 Å². The summed E-state index contributed by atoms with van der Waals surface area (Å²) < 4.78 is 0. The monoisotopic (exact) mass is 258 g/mol. The number of hydrogen-bond donors (Lipinski definition) is 1. The Morgan fingerprint density at radius 2 is 2.11 bits per heavy atom. The quantitative estimate of drug-likeness (QED) is 0.828. The Morgan fingerprint density at radius 1 is 1.37 bits per heavy atom. The van der Waals surface area contributed by atoms with Crippen LogP contribution in [0.25, 0.3) is 0 Å². The average Bonchev–Trinajstić information content (AvgIpc) is 3.04. The second-order valence-electron chi connectivity index (χ2n) is 5.94. The zero-order chi connectivity index (χ0) is 13.5. The van der Waals surface area contributed by atoms with Gasteiger partial charge in [-0.05, 0) is 49.4 Å². The Labute approximate surface area is 114 Å². The van der Waals surface area contributed by atoms with E-state index in [-0.39, 0.29) is 5.41 Å². The van der Waals surface area contributed by atoms with Crippen molar-refractivity contribution in [2.45, 2.75) is 45.4 Å². The molecule has 1 heterocycles. The molecule has 0 unspecified atom stereocenters. The molecule has 2 N–H and O–H groups in total. The number of benzene rings is 1. The minimum absolute atomic E-state index is 0.0942. The first-order chi connectivity index (χ1) is 9.16. The number of nitrogen functional groups attached to an aromatic ring is 1. The summed E-state index contributed by atoms with van der Waals surface area (Å²) in [5.41, 5.74) is 8.82. The molecule has 0 bridgehead atoms. The Bertz CT molecular complexity index is 503. The molecule has 0 atom stereocenters. The lowest BCUT2D eigenvalue weighted by molar-refractivity contribution is -0.128. The minimum atomic E-state index is -0.0942. The van der Waals surface area contributed by atoms with Crippen LogP contribution in [0, 0.1) is 5.41 Å². The summed E-state index contributed by atoms with van der Waals surface area (Å²) in [6, 6.07) is 5.92. The van der Waals surface area contributed by atoms with E-state index in [0.717, 1.165) is 43.6 Å². The van der Waals surface area contributed by atoms with E-state index in [1.165, 1.54) is 18.4 Å². The van der Waals surface area contributed by atoms with Gasteiger partial charge >= 0.3 is 0 Å². The second kappa shape index (κ2) is 4.55. The van der Waals surface area contributed by atoms with Gasteiger partial charge in [0.15, 0.2) is 0 Å². The highest BCUT2D eigenvalue weighted by Gasteiger charge is 2.43. The van der Waals surface area contributed by atoms with Gasteiger partial charge in [-0.3, -0.25) is 4.79 Å². The second-order valence-corrected chi connectivity index (χ2v) is 5.94. The molecule has 19 heavy (non-hydrogen) atoms. The van der Waals surface area contributed by atoms with Gasteiger partial charge in [0.05, 0.1) is 0 Å². The third kappa shape index (κ3) is 1.92. The van der Waals surface area contributed by atoms with Crippen molar-refractivity contribution in [3.05, 3.63) is 23.8 Å². The molecule has 0 radical (unpaired) electrons. The van der Waals surface area contributed by atoms with E-state index >= 15 is 0 Å². The first-order valence-electron chi connectivity index (χ1n) is 7.37. The molecule has 0 saturated heterocycles. The number of rotatable bonds is 2. The summed E-state index contributed by atoms with van der Waals surface area (Å²) in [6.45, 7) is 2.97. The van der Waals surface area contributed by atoms with Crippen LogP contribution in [-0.4, -0.2) is 12.5 Å². The number of fused-ring (bicyclic) bond motifs is 1. The van der Waals surface area contributed by atoms with Gasteiger partial charge in [-0.25, -0.2) is 0 Å². The molecule has 1 aromatic rings. The molecule has 1 saturated carbocycles. The first-order valence-corrected chi connectivity index (χ1v) is 7.37. The third-order valence-electron chi connectivity index (χ3n) is 4.94. The van der Waals surface area contributed by atoms with E-state index in [4.69, 9.17) is 5.73 Å². The van der Waals surface area contributed by atoms with Gasteiger partial charge in [0.2, 0.25) is 5.91 Å². The van der Waals surface area contributed by atoms with Gasteiger partial charge in [0.1, 0.15) is 0 Å². The van der Waals surface area contributed by atoms with Crippen LogP contribution in [0.4, 0.5) is 11.4 Å². The fourth-order valence-corrected chi connectivity index (χ4v) is 3.69. The molecule has 1 aromatic carbocycles. The molecule has 1 aliphatic heterocycles. The molecule has 2 aliphatic rings.